The molecular formula is C21H42NNaO3S. The van der Waals surface area contributed by atoms with Crippen molar-refractivity contribution in [3.63, 3.8) is 0 Å². The van der Waals surface area contributed by atoms with Crippen LogP contribution in [0.2, 0.25) is 0 Å². The topological polar surface area (TPSA) is 60.4 Å². The molecule has 0 aliphatic heterocycles. The summed E-state index contributed by atoms with van der Waals surface area (Å²) in [5.41, 5.74) is 0. The van der Waals surface area contributed by atoms with Crippen LogP contribution < -0.4 is 29.6 Å². The molecule has 0 N–H and O–H groups in total. The van der Waals surface area contributed by atoms with E-state index >= 15 is 0 Å². The van der Waals surface area contributed by atoms with Crippen LogP contribution in [0.25, 0.3) is 0 Å². The number of hydrogen-bond donors (Lipinski definition) is 0. The maximum atomic E-state index is 10.6. The van der Waals surface area contributed by atoms with E-state index < -0.39 is 10.1 Å². The van der Waals surface area contributed by atoms with Crippen LogP contribution in [0.3, 0.4) is 0 Å². The van der Waals surface area contributed by atoms with Crippen molar-refractivity contribution in [2.75, 3.05) is 25.9 Å². The molecule has 4 nitrogen and oxygen atoms in total. The summed E-state index contributed by atoms with van der Waals surface area (Å²) in [6.45, 7) is 3.48. The first kappa shape index (κ1) is 29.8. The minimum Gasteiger partial charge on any atom is -0.748 e. The fraction of sp³-hybridized carbons (Fsp3) is 0.905. The number of nitrogens with zero attached hydrogens (tertiary/aromatic N) is 1. The van der Waals surface area contributed by atoms with Crippen molar-refractivity contribution < 1.29 is 42.5 Å². The largest absolute Gasteiger partial charge is 1.00 e. The second kappa shape index (κ2) is 21.3. The van der Waals surface area contributed by atoms with Gasteiger partial charge in [-0.2, -0.15) is 0 Å². The fourth-order valence-corrected chi connectivity index (χ4v) is 3.54. The smallest absolute Gasteiger partial charge is 0.748 e. The van der Waals surface area contributed by atoms with E-state index in [9.17, 15) is 13.0 Å². The molecule has 0 fully saturated rings. The molecule has 0 saturated heterocycles. The average molecular weight is 412 g/mol. The van der Waals surface area contributed by atoms with Crippen LogP contribution in [0.15, 0.2) is 12.2 Å². The van der Waals surface area contributed by atoms with Gasteiger partial charge in [0.05, 0.1) is 15.9 Å². The molecule has 0 aromatic carbocycles. The summed E-state index contributed by atoms with van der Waals surface area (Å²) in [5.74, 6) is -0.282. The van der Waals surface area contributed by atoms with Gasteiger partial charge >= 0.3 is 29.6 Å². The zero-order valence-corrected chi connectivity index (χ0v) is 21.1. The molecule has 6 heteroatoms. The van der Waals surface area contributed by atoms with Gasteiger partial charge in [0, 0.05) is 6.54 Å². The molecule has 0 saturated carbocycles. The van der Waals surface area contributed by atoms with Crippen molar-refractivity contribution in [3.8, 4) is 0 Å². The van der Waals surface area contributed by atoms with Crippen LogP contribution in [0.1, 0.15) is 96.8 Å². The Hall–Kier alpha value is 0.610. The molecule has 0 heterocycles. The van der Waals surface area contributed by atoms with E-state index in [4.69, 9.17) is 0 Å². The summed E-state index contributed by atoms with van der Waals surface area (Å²) in [4.78, 5) is 1.93. The Balaban J connectivity index is 0. The first-order valence-electron chi connectivity index (χ1n) is 10.7. The van der Waals surface area contributed by atoms with E-state index in [0.717, 1.165) is 13.0 Å². The van der Waals surface area contributed by atoms with Crippen molar-refractivity contribution in [2.45, 2.75) is 96.8 Å². The predicted molar refractivity (Wildman–Crippen MR) is 112 cm³/mol. The zero-order chi connectivity index (χ0) is 19.5. The third-order valence-electron chi connectivity index (χ3n) is 4.77. The molecule has 0 aromatic heterocycles. The Bertz CT molecular complexity index is 427. The number of allylic oxidation sites excluding steroid dienone is 2. The molecule has 156 valence electrons. The van der Waals surface area contributed by atoms with Gasteiger partial charge in [0.15, 0.2) is 0 Å². The van der Waals surface area contributed by atoms with Gasteiger partial charge in [-0.1, -0.05) is 76.9 Å². The van der Waals surface area contributed by atoms with Gasteiger partial charge in [-0.05, 0) is 45.7 Å². The Labute approximate surface area is 191 Å². The molecular weight excluding hydrogens is 369 g/mol. The summed E-state index contributed by atoms with van der Waals surface area (Å²) in [6, 6.07) is 0. The van der Waals surface area contributed by atoms with E-state index in [1.54, 1.807) is 0 Å². The number of hydrogen-bond acceptors (Lipinski definition) is 4. The second-order valence-corrected chi connectivity index (χ2v) is 9.03. The van der Waals surface area contributed by atoms with E-state index in [-0.39, 0.29) is 35.3 Å². The normalized spacial score (nSPS) is 12.0. The van der Waals surface area contributed by atoms with Gasteiger partial charge in [0.25, 0.3) is 0 Å². The maximum absolute atomic E-state index is 10.6. The summed E-state index contributed by atoms with van der Waals surface area (Å²) in [5, 5.41) is 0. The summed E-state index contributed by atoms with van der Waals surface area (Å²) < 4.78 is 31.7. The Kier molecular flexibility index (Phi) is 23.5. The van der Waals surface area contributed by atoms with Gasteiger partial charge < -0.3 is 9.45 Å². The molecule has 0 atom stereocenters. The van der Waals surface area contributed by atoms with Gasteiger partial charge in [0.2, 0.25) is 0 Å². The van der Waals surface area contributed by atoms with Crippen LogP contribution in [0, 0.1) is 0 Å². The average Bonchev–Trinajstić information content (AvgIpc) is 2.59. The maximum Gasteiger partial charge on any atom is 1.00 e. The molecule has 0 unspecified atom stereocenters. The molecule has 0 spiro atoms. The van der Waals surface area contributed by atoms with Crippen molar-refractivity contribution >= 4 is 10.1 Å². The quantitative estimate of drug-likeness (QED) is 0.142. The molecule has 0 aromatic rings. The third-order valence-corrected chi connectivity index (χ3v) is 5.46. The van der Waals surface area contributed by atoms with Crippen LogP contribution in [0.5, 0.6) is 0 Å². The molecule has 0 aliphatic rings. The molecule has 27 heavy (non-hydrogen) atoms. The molecule has 0 bridgehead atoms. The standard InChI is InChI=1S/C21H43NO3S.Na/c1-3-4-5-6-7-8-9-10-11-12-13-14-15-16-17-18-19-22(2)20-21-26(23,24)25;/h10-11H,3-9,12-21H2,1-2H3,(H,23,24,25);/q;+1/p-1. The van der Waals surface area contributed by atoms with Crippen LogP contribution >= 0.6 is 0 Å². The summed E-state index contributed by atoms with van der Waals surface area (Å²) >= 11 is 0. The molecule has 0 amide bonds. The van der Waals surface area contributed by atoms with E-state index in [2.05, 4.69) is 19.1 Å². The van der Waals surface area contributed by atoms with Crippen molar-refractivity contribution in [3.05, 3.63) is 12.2 Å². The van der Waals surface area contributed by atoms with E-state index in [1.807, 2.05) is 11.9 Å². The van der Waals surface area contributed by atoms with Gasteiger partial charge in [0.1, 0.15) is 0 Å². The SMILES string of the molecule is CCCCCCCCC=CCCCCCCCCN(C)CCS(=O)(=O)[O-].[Na+]. The molecule has 0 radical (unpaired) electrons. The second-order valence-electron chi connectivity index (χ2n) is 7.50. The molecule has 0 aliphatic carbocycles. The predicted octanol–water partition coefficient (Wildman–Crippen LogP) is 2.50. The van der Waals surface area contributed by atoms with E-state index in [1.165, 1.54) is 83.5 Å². The minimum absolute atomic E-state index is 0. The fourth-order valence-electron chi connectivity index (χ4n) is 3.01. The summed E-state index contributed by atoms with van der Waals surface area (Å²) in [7, 11) is -2.20. The van der Waals surface area contributed by atoms with E-state index in [0.29, 0.717) is 6.54 Å². The van der Waals surface area contributed by atoms with Gasteiger partial charge in [-0.25, -0.2) is 8.42 Å². The van der Waals surface area contributed by atoms with Crippen LogP contribution in [-0.2, 0) is 10.1 Å². The van der Waals surface area contributed by atoms with Crippen LogP contribution in [-0.4, -0.2) is 43.8 Å². The van der Waals surface area contributed by atoms with Crippen molar-refractivity contribution in [1.29, 1.82) is 0 Å². The molecule has 0 rings (SSSR count). The Morgan fingerprint density at radius 3 is 1.67 bits per heavy atom. The van der Waals surface area contributed by atoms with Crippen molar-refractivity contribution in [1.82, 2.24) is 4.90 Å². The van der Waals surface area contributed by atoms with Gasteiger partial charge in [-0.15, -0.1) is 0 Å². The van der Waals surface area contributed by atoms with Gasteiger partial charge in [-0.3, -0.25) is 0 Å². The zero-order valence-electron chi connectivity index (χ0n) is 18.3. The minimum atomic E-state index is -4.08. The number of rotatable bonds is 19. The Morgan fingerprint density at radius 2 is 1.19 bits per heavy atom. The first-order valence-corrected chi connectivity index (χ1v) is 12.3. The summed E-state index contributed by atoms with van der Waals surface area (Å²) in [6.07, 6.45) is 22.8. The van der Waals surface area contributed by atoms with Crippen LogP contribution in [0.4, 0.5) is 0 Å². The first-order chi connectivity index (χ1) is 12.5. The number of unbranched alkanes of at least 4 members (excludes halogenated alkanes) is 12. The van der Waals surface area contributed by atoms with Crippen molar-refractivity contribution in [2.24, 2.45) is 0 Å². The third kappa shape index (κ3) is 26.6. The Morgan fingerprint density at radius 1 is 0.741 bits per heavy atom. The monoisotopic (exact) mass is 411 g/mol.